The highest BCUT2D eigenvalue weighted by atomic mass is 16.3. The second-order valence-corrected chi connectivity index (χ2v) is 9.86. The van der Waals surface area contributed by atoms with Crippen LogP contribution in [-0.4, -0.2) is 11.2 Å². The van der Waals surface area contributed by atoms with Crippen LogP contribution in [0.4, 0.5) is 0 Å². The summed E-state index contributed by atoms with van der Waals surface area (Å²) in [6, 6.07) is 0. The van der Waals surface area contributed by atoms with Crippen molar-refractivity contribution < 1.29 is 5.11 Å². The number of fused-ring (bicyclic) bond motifs is 5. The average Bonchev–Trinajstić information content (AvgIpc) is 2.92. The summed E-state index contributed by atoms with van der Waals surface area (Å²) in [5.41, 5.74) is 4.16. The number of allylic oxidation sites excluding steroid dienone is 3. The van der Waals surface area contributed by atoms with E-state index < -0.39 is 0 Å². The molecule has 24 heavy (non-hydrogen) atoms. The molecule has 4 aliphatic carbocycles. The lowest BCUT2D eigenvalue weighted by Gasteiger charge is -2.58. The average molecular weight is 329 g/mol. The molecule has 7 atom stereocenters. The lowest BCUT2D eigenvalue weighted by Crippen LogP contribution is -2.50. The van der Waals surface area contributed by atoms with Crippen molar-refractivity contribution in [2.75, 3.05) is 0 Å². The third-order valence-electron chi connectivity index (χ3n) is 9.08. The SMILES string of the molecule is CC=C(C)[C@H]1CCC2C3CC=C4C[C@@H](O)CCC4(C)C3CC[C@@]21C. The van der Waals surface area contributed by atoms with E-state index in [1.165, 1.54) is 38.5 Å². The summed E-state index contributed by atoms with van der Waals surface area (Å²) < 4.78 is 0. The fourth-order valence-electron chi connectivity index (χ4n) is 7.59. The molecule has 0 bridgehead atoms. The Morgan fingerprint density at radius 3 is 2.67 bits per heavy atom. The van der Waals surface area contributed by atoms with Gasteiger partial charge in [0.05, 0.1) is 6.10 Å². The fourth-order valence-corrected chi connectivity index (χ4v) is 7.59. The molecule has 1 nitrogen and oxygen atoms in total. The number of rotatable bonds is 1. The summed E-state index contributed by atoms with van der Waals surface area (Å²) in [6.45, 7) is 9.74. The number of hydrogen-bond acceptors (Lipinski definition) is 1. The van der Waals surface area contributed by atoms with Gasteiger partial charge in [0, 0.05) is 0 Å². The molecular formula is C23H36O. The minimum atomic E-state index is -0.0806. The van der Waals surface area contributed by atoms with E-state index in [1.807, 2.05) is 0 Å². The second-order valence-electron chi connectivity index (χ2n) is 9.86. The van der Waals surface area contributed by atoms with Crippen molar-refractivity contribution in [1.82, 2.24) is 0 Å². The van der Waals surface area contributed by atoms with Gasteiger partial charge in [0.25, 0.3) is 0 Å². The van der Waals surface area contributed by atoms with E-state index >= 15 is 0 Å². The van der Waals surface area contributed by atoms with Crippen LogP contribution in [0.15, 0.2) is 23.3 Å². The van der Waals surface area contributed by atoms with Gasteiger partial charge in [-0.2, -0.15) is 0 Å². The maximum Gasteiger partial charge on any atom is 0.0577 e. The summed E-state index contributed by atoms with van der Waals surface area (Å²) in [5.74, 6) is 3.49. The first-order valence-corrected chi connectivity index (χ1v) is 10.4. The Kier molecular flexibility index (Phi) is 4.03. The molecule has 3 fully saturated rings. The van der Waals surface area contributed by atoms with Crippen LogP contribution < -0.4 is 0 Å². The van der Waals surface area contributed by atoms with Gasteiger partial charge in [-0.25, -0.2) is 0 Å². The molecule has 0 amide bonds. The van der Waals surface area contributed by atoms with Crippen molar-refractivity contribution in [3.63, 3.8) is 0 Å². The maximum absolute atomic E-state index is 10.1. The van der Waals surface area contributed by atoms with Crippen LogP contribution in [0.5, 0.6) is 0 Å². The van der Waals surface area contributed by atoms with Gasteiger partial charge < -0.3 is 5.11 Å². The van der Waals surface area contributed by atoms with Gasteiger partial charge in [-0.3, -0.25) is 0 Å². The van der Waals surface area contributed by atoms with E-state index in [0.29, 0.717) is 10.8 Å². The van der Waals surface area contributed by atoms with Gasteiger partial charge >= 0.3 is 0 Å². The number of hydrogen-bond donors (Lipinski definition) is 1. The molecule has 0 radical (unpaired) electrons. The molecule has 3 saturated carbocycles. The van der Waals surface area contributed by atoms with E-state index in [0.717, 1.165) is 36.5 Å². The van der Waals surface area contributed by atoms with Crippen molar-refractivity contribution in [3.05, 3.63) is 23.3 Å². The van der Waals surface area contributed by atoms with Crippen molar-refractivity contribution >= 4 is 0 Å². The van der Waals surface area contributed by atoms with Crippen LogP contribution in [0.25, 0.3) is 0 Å². The molecule has 0 aliphatic heterocycles. The Bertz CT molecular complexity index is 573. The van der Waals surface area contributed by atoms with E-state index in [-0.39, 0.29) is 6.10 Å². The highest BCUT2D eigenvalue weighted by Gasteiger charge is 2.58. The summed E-state index contributed by atoms with van der Waals surface area (Å²) in [5, 5.41) is 10.1. The summed E-state index contributed by atoms with van der Waals surface area (Å²) in [6.07, 6.45) is 15.0. The molecule has 0 heterocycles. The summed E-state index contributed by atoms with van der Waals surface area (Å²) in [7, 11) is 0. The largest absolute Gasteiger partial charge is 0.393 e. The molecule has 0 aromatic heterocycles. The van der Waals surface area contributed by atoms with Gasteiger partial charge in [0.1, 0.15) is 0 Å². The van der Waals surface area contributed by atoms with E-state index in [2.05, 4.69) is 39.8 Å². The lowest BCUT2D eigenvalue weighted by atomic mass is 9.47. The van der Waals surface area contributed by atoms with E-state index in [9.17, 15) is 5.11 Å². The monoisotopic (exact) mass is 328 g/mol. The smallest absolute Gasteiger partial charge is 0.0577 e. The molecule has 0 aromatic carbocycles. The van der Waals surface area contributed by atoms with E-state index in [1.54, 1.807) is 11.1 Å². The fraction of sp³-hybridized carbons (Fsp3) is 0.826. The third-order valence-corrected chi connectivity index (χ3v) is 9.08. The standard InChI is InChI=1S/C23H36O/c1-5-15(2)19-8-9-20-18-7-6-16-14-17(24)10-12-22(16,3)21(18)11-13-23(19,20)4/h5-6,17-21,24H,7-14H2,1-4H3/t17-,18?,19+,20?,21?,22?,23+/m0/s1. The Morgan fingerprint density at radius 1 is 1.12 bits per heavy atom. The van der Waals surface area contributed by atoms with Crippen molar-refractivity contribution in [1.29, 1.82) is 0 Å². The van der Waals surface area contributed by atoms with Crippen LogP contribution >= 0.6 is 0 Å². The predicted octanol–water partition coefficient (Wildman–Crippen LogP) is 5.89. The highest BCUT2D eigenvalue weighted by Crippen LogP contribution is 2.67. The minimum absolute atomic E-state index is 0.0806. The van der Waals surface area contributed by atoms with Crippen molar-refractivity contribution in [3.8, 4) is 0 Å². The van der Waals surface area contributed by atoms with Gasteiger partial charge in [-0.1, -0.05) is 37.1 Å². The van der Waals surface area contributed by atoms with Crippen LogP contribution in [-0.2, 0) is 0 Å². The van der Waals surface area contributed by atoms with Crippen LogP contribution in [0.2, 0.25) is 0 Å². The third kappa shape index (κ3) is 2.23. The van der Waals surface area contributed by atoms with Crippen LogP contribution in [0, 0.1) is 34.5 Å². The van der Waals surface area contributed by atoms with Crippen LogP contribution in [0.1, 0.15) is 79.1 Å². The molecule has 4 rings (SSSR count). The zero-order chi connectivity index (χ0) is 17.1. The summed E-state index contributed by atoms with van der Waals surface area (Å²) >= 11 is 0. The molecular weight excluding hydrogens is 292 g/mol. The lowest BCUT2D eigenvalue weighted by molar-refractivity contribution is -0.0454. The first kappa shape index (κ1) is 16.9. The van der Waals surface area contributed by atoms with Crippen molar-refractivity contribution in [2.24, 2.45) is 34.5 Å². The van der Waals surface area contributed by atoms with Crippen LogP contribution in [0.3, 0.4) is 0 Å². The van der Waals surface area contributed by atoms with Gasteiger partial charge in [0.2, 0.25) is 0 Å². The Hall–Kier alpha value is -0.560. The molecule has 1 N–H and O–H groups in total. The molecule has 0 aromatic rings. The Balaban J connectivity index is 1.65. The van der Waals surface area contributed by atoms with Gasteiger partial charge in [0.15, 0.2) is 0 Å². The number of aliphatic hydroxyl groups excluding tert-OH is 1. The maximum atomic E-state index is 10.1. The molecule has 0 spiro atoms. The zero-order valence-electron chi connectivity index (χ0n) is 16.1. The normalized spacial score (nSPS) is 51.5. The van der Waals surface area contributed by atoms with Gasteiger partial charge in [-0.05, 0) is 99.7 Å². The zero-order valence-corrected chi connectivity index (χ0v) is 16.1. The molecule has 134 valence electrons. The molecule has 1 heteroatoms. The second kappa shape index (κ2) is 5.73. The summed E-state index contributed by atoms with van der Waals surface area (Å²) in [4.78, 5) is 0. The topological polar surface area (TPSA) is 20.2 Å². The van der Waals surface area contributed by atoms with E-state index in [4.69, 9.17) is 0 Å². The quantitative estimate of drug-likeness (QED) is 0.595. The molecule has 4 unspecified atom stereocenters. The Labute approximate surface area is 148 Å². The first-order chi connectivity index (χ1) is 11.4. The molecule has 0 saturated heterocycles. The first-order valence-electron chi connectivity index (χ1n) is 10.4. The number of aliphatic hydroxyl groups is 1. The van der Waals surface area contributed by atoms with Crippen molar-refractivity contribution in [2.45, 2.75) is 85.2 Å². The highest BCUT2D eigenvalue weighted by molar-refractivity contribution is 5.26. The predicted molar refractivity (Wildman–Crippen MR) is 101 cm³/mol. The molecule has 4 aliphatic rings. The Morgan fingerprint density at radius 2 is 1.92 bits per heavy atom. The van der Waals surface area contributed by atoms with Gasteiger partial charge in [-0.15, -0.1) is 0 Å². The minimum Gasteiger partial charge on any atom is -0.393 e.